The van der Waals surface area contributed by atoms with Crippen LogP contribution in [0.1, 0.15) is 23.1 Å². The van der Waals surface area contributed by atoms with E-state index in [1.54, 1.807) is 10.8 Å². The molecule has 3 heterocycles. The van der Waals surface area contributed by atoms with Crippen LogP contribution in [0.15, 0.2) is 65.8 Å². The van der Waals surface area contributed by atoms with Gasteiger partial charge in [-0.05, 0) is 35.4 Å². The van der Waals surface area contributed by atoms with Crippen LogP contribution in [0.4, 0.5) is 13.2 Å². The van der Waals surface area contributed by atoms with Gasteiger partial charge < -0.3 is 9.67 Å². The Morgan fingerprint density at radius 3 is 2.42 bits per heavy atom. The van der Waals surface area contributed by atoms with Gasteiger partial charge in [0.2, 0.25) is 5.43 Å². The number of nitrogens with zero attached hydrogens (tertiary/aromatic N) is 4. The van der Waals surface area contributed by atoms with Gasteiger partial charge in [0.1, 0.15) is 23.1 Å². The second-order valence-corrected chi connectivity index (χ2v) is 7.35. The summed E-state index contributed by atoms with van der Waals surface area (Å²) < 4.78 is 45.0. The summed E-state index contributed by atoms with van der Waals surface area (Å²) in [5.41, 5.74) is 0.337. The molecule has 5 rings (SSSR count). The zero-order valence-electron chi connectivity index (χ0n) is 15.9. The number of aromatic hydroxyl groups is 1. The van der Waals surface area contributed by atoms with Crippen molar-refractivity contribution in [2.75, 3.05) is 0 Å². The van der Waals surface area contributed by atoms with Gasteiger partial charge in [0.25, 0.3) is 0 Å². The molecule has 2 aromatic heterocycles. The Labute approximate surface area is 173 Å². The maximum atomic E-state index is 14.1. The molecule has 0 radical (unpaired) electrons. The topological polar surface area (TPSA) is 72.9 Å². The molecule has 2 aromatic carbocycles. The van der Waals surface area contributed by atoms with Crippen molar-refractivity contribution in [3.63, 3.8) is 0 Å². The first-order valence-electron chi connectivity index (χ1n) is 9.46. The fraction of sp³-hybridized carbons (Fsp3) is 0.136. The van der Waals surface area contributed by atoms with Gasteiger partial charge in [-0.25, -0.2) is 18.2 Å². The summed E-state index contributed by atoms with van der Waals surface area (Å²) in [7, 11) is 0. The zero-order valence-corrected chi connectivity index (χ0v) is 15.9. The fourth-order valence-corrected chi connectivity index (χ4v) is 4.18. The molecule has 0 saturated carbocycles. The predicted molar refractivity (Wildman–Crippen MR) is 105 cm³/mol. The molecule has 2 atom stereocenters. The lowest BCUT2D eigenvalue weighted by Gasteiger charge is -2.34. The van der Waals surface area contributed by atoms with Gasteiger partial charge >= 0.3 is 0 Å². The Bertz CT molecular complexity index is 1330. The molecule has 31 heavy (non-hydrogen) atoms. The van der Waals surface area contributed by atoms with Gasteiger partial charge in [-0.3, -0.25) is 9.48 Å². The van der Waals surface area contributed by atoms with E-state index in [1.165, 1.54) is 47.3 Å². The standard InChI is InChI=1S/C22H15F3N4O2/c23-14-3-1-12(2-4-14)19(13-7-15(24)9-16(25)8-13)17-11-28-6-5-26-22(28)20-21(31)18(30)10-27-29(17)20/h1-10,17,19,31H,11H2/t17-,19+/m1/s1. The molecule has 0 spiro atoms. The summed E-state index contributed by atoms with van der Waals surface area (Å²) in [6.45, 7) is 0.290. The van der Waals surface area contributed by atoms with E-state index in [0.717, 1.165) is 12.3 Å². The van der Waals surface area contributed by atoms with Crippen LogP contribution in [-0.2, 0) is 6.54 Å². The summed E-state index contributed by atoms with van der Waals surface area (Å²) in [6.07, 6.45) is 4.18. The Hall–Kier alpha value is -3.88. The molecule has 0 bridgehead atoms. The third kappa shape index (κ3) is 3.18. The predicted octanol–water partition coefficient (Wildman–Crippen LogP) is 3.62. The number of rotatable bonds is 3. The minimum absolute atomic E-state index is 0.109. The second-order valence-electron chi connectivity index (χ2n) is 7.35. The van der Waals surface area contributed by atoms with Crippen LogP contribution in [0.5, 0.6) is 5.75 Å². The Balaban J connectivity index is 1.77. The van der Waals surface area contributed by atoms with Crippen molar-refractivity contribution in [3.8, 4) is 17.3 Å². The van der Waals surface area contributed by atoms with Gasteiger partial charge in [-0.1, -0.05) is 12.1 Å². The highest BCUT2D eigenvalue weighted by atomic mass is 19.1. The lowest BCUT2D eigenvalue weighted by atomic mass is 9.84. The molecule has 0 amide bonds. The van der Waals surface area contributed by atoms with Gasteiger partial charge in [0.15, 0.2) is 11.6 Å². The molecule has 0 unspecified atom stereocenters. The first kappa shape index (κ1) is 19.1. The molecule has 9 heteroatoms. The van der Waals surface area contributed by atoms with Crippen molar-refractivity contribution >= 4 is 0 Å². The minimum atomic E-state index is -0.753. The summed E-state index contributed by atoms with van der Waals surface area (Å²) in [6, 6.07) is 8.19. The van der Waals surface area contributed by atoms with Gasteiger partial charge in [0.05, 0.1) is 12.2 Å². The van der Waals surface area contributed by atoms with Gasteiger partial charge in [-0.2, -0.15) is 5.10 Å². The van der Waals surface area contributed by atoms with Crippen LogP contribution in [0.3, 0.4) is 0 Å². The first-order valence-corrected chi connectivity index (χ1v) is 9.46. The molecule has 1 aliphatic rings. The molecule has 6 nitrogen and oxygen atoms in total. The zero-order chi connectivity index (χ0) is 21.7. The maximum absolute atomic E-state index is 14.1. The molecular formula is C22H15F3N4O2. The highest BCUT2D eigenvalue weighted by Crippen LogP contribution is 2.42. The van der Waals surface area contributed by atoms with Crippen LogP contribution >= 0.6 is 0 Å². The number of halogens is 3. The molecule has 156 valence electrons. The SMILES string of the molecule is O=c1cnn2c(c1O)-c1nccn1C[C@@H]2[C@@H](c1ccc(F)cc1)c1cc(F)cc(F)c1. The maximum Gasteiger partial charge on any atom is 0.242 e. The molecular weight excluding hydrogens is 409 g/mol. The monoisotopic (exact) mass is 424 g/mol. The number of hydrogen-bond acceptors (Lipinski definition) is 4. The summed E-state index contributed by atoms with van der Waals surface area (Å²) in [5.74, 6) is -2.80. The van der Waals surface area contributed by atoms with Gasteiger partial charge in [0, 0.05) is 30.9 Å². The Morgan fingerprint density at radius 1 is 1.00 bits per heavy atom. The molecule has 4 aromatic rings. The van der Waals surface area contributed by atoms with Crippen LogP contribution in [-0.4, -0.2) is 24.4 Å². The van der Waals surface area contributed by atoms with Gasteiger partial charge in [-0.15, -0.1) is 0 Å². The average molecular weight is 424 g/mol. The van der Waals surface area contributed by atoms with Crippen LogP contribution in [0.25, 0.3) is 11.5 Å². The van der Waals surface area contributed by atoms with E-state index in [-0.39, 0.29) is 12.2 Å². The second kappa shape index (κ2) is 7.12. The van der Waals surface area contributed by atoms with Crippen LogP contribution < -0.4 is 5.43 Å². The summed E-state index contributed by atoms with van der Waals surface area (Å²) in [5, 5.41) is 14.7. The van der Waals surface area contributed by atoms with E-state index in [9.17, 15) is 23.1 Å². The van der Waals surface area contributed by atoms with Crippen LogP contribution in [0, 0.1) is 17.5 Å². The highest BCUT2D eigenvalue weighted by molar-refractivity contribution is 5.60. The minimum Gasteiger partial charge on any atom is -0.503 e. The number of aromatic nitrogens is 4. The Morgan fingerprint density at radius 2 is 1.71 bits per heavy atom. The number of hydrogen-bond donors (Lipinski definition) is 1. The van der Waals surface area contributed by atoms with E-state index < -0.39 is 40.6 Å². The lowest BCUT2D eigenvalue weighted by Crippen LogP contribution is -2.32. The quantitative estimate of drug-likeness (QED) is 0.545. The van der Waals surface area contributed by atoms with Crippen molar-refractivity contribution in [1.29, 1.82) is 0 Å². The number of fused-ring (bicyclic) bond motifs is 3. The molecule has 0 saturated heterocycles. The highest BCUT2D eigenvalue weighted by Gasteiger charge is 2.36. The van der Waals surface area contributed by atoms with Crippen molar-refractivity contribution in [1.82, 2.24) is 19.3 Å². The van der Waals surface area contributed by atoms with E-state index in [0.29, 0.717) is 17.0 Å². The molecule has 0 aliphatic carbocycles. The van der Waals surface area contributed by atoms with Crippen molar-refractivity contribution in [3.05, 3.63) is 99.9 Å². The van der Waals surface area contributed by atoms with E-state index in [1.807, 2.05) is 0 Å². The molecule has 1 N–H and O–H groups in total. The summed E-state index contributed by atoms with van der Waals surface area (Å²) >= 11 is 0. The first-order chi connectivity index (χ1) is 14.9. The number of benzene rings is 2. The lowest BCUT2D eigenvalue weighted by molar-refractivity contribution is 0.330. The van der Waals surface area contributed by atoms with Crippen molar-refractivity contribution in [2.45, 2.75) is 18.5 Å². The fourth-order valence-electron chi connectivity index (χ4n) is 4.18. The third-order valence-electron chi connectivity index (χ3n) is 5.47. The summed E-state index contributed by atoms with van der Waals surface area (Å²) in [4.78, 5) is 16.3. The van der Waals surface area contributed by atoms with E-state index in [4.69, 9.17) is 0 Å². The van der Waals surface area contributed by atoms with E-state index in [2.05, 4.69) is 10.1 Å². The smallest absolute Gasteiger partial charge is 0.242 e. The normalized spacial score (nSPS) is 15.9. The largest absolute Gasteiger partial charge is 0.503 e. The van der Waals surface area contributed by atoms with E-state index >= 15 is 0 Å². The van der Waals surface area contributed by atoms with Crippen molar-refractivity contribution in [2.24, 2.45) is 0 Å². The average Bonchev–Trinajstić information content (AvgIpc) is 3.20. The molecule has 0 fully saturated rings. The molecule has 1 aliphatic heterocycles. The van der Waals surface area contributed by atoms with Crippen molar-refractivity contribution < 1.29 is 18.3 Å². The number of imidazole rings is 1. The Kier molecular flexibility index (Phi) is 4.39. The third-order valence-corrected chi connectivity index (χ3v) is 5.47. The van der Waals surface area contributed by atoms with Crippen LogP contribution in [0.2, 0.25) is 0 Å².